The number of carboxylic acid groups (broad SMARTS) is 1. The van der Waals surface area contributed by atoms with E-state index in [0.29, 0.717) is 5.69 Å². The van der Waals surface area contributed by atoms with E-state index >= 15 is 0 Å². The minimum atomic E-state index is -3.66. The van der Waals surface area contributed by atoms with E-state index < -0.39 is 21.5 Å². The minimum absolute atomic E-state index is 0.0682. The Hall–Kier alpha value is -1.60. The molecule has 0 heterocycles. The summed E-state index contributed by atoms with van der Waals surface area (Å²) in [6, 6.07) is 6.33. The second kappa shape index (κ2) is 5.80. The van der Waals surface area contributed by atoms with E-state index in [9.17, 15) is 18.3 Å². The summed E-state index contributed by atoms with van der Waals surface area (Å²) in [6.07, 6.45) is 0. The molecule has 20 heavy (non-hydrogen) atoms. The van der Waals surface area contributed by atoms with Gasteiger partial charge in [-0.2, -0.15) is 0 Å². The highest BCUT2D eigenvalue weighted by Crippen LogP contribution is 2.29. The number of aliphatic carboxylic acids is 1. The summed E-state index contributed by atoms with van der Waals surface area (Å²) >= 11 is 0. The summed E-state index contributed by atoms with van der Waals surface area (Å²) in [5, 5.41) is 9.26. The average molecular weight is 300 g/mol. The van der Waals surface area contributed by atoms with Crippen molar-refractivity contribution in [1.29, 1.82) is 0 Å². The Morgan fingerprint density at radius 3 is 2.40 bits per heavy atom. The van der Waals surface area contributed by atoms with Crippen molar-refractivity contribution in [3.05, 3.63) is 24.3 Å². The summed E-state index contributed by atoms with van der Waals surface area (Å²) in [5.41, 5.74) is -0.876. The lowest BCUT2D eigenvalue weighted by molar-refractivity contribution is -0.142. The summed E-state index contributed by atoms with van der Waals surface area (Å²) in [4.78, 5) is 12.8. The quantitative estimate of drug-likeness (QED) is 0.826. The van der Waals surface area contributed by atoms with Crippen molar-refractivity contribution in [2.24, 2.45) is 0 Å². The van der Waals surface area contributed by atoms with Gasteiger partial charge in [0.15, 0.2) is 0 Å². The van der Waals surface area contributed by atoms with Crippen molar-refractivity contribution in [3.63, 3.8) is 0 Å². The van der Waals surface area contributed by atoms with Crippen molar-refractivity contribution < 1.29 is 18.3 Å². The zero-order valence-corrected chi connectivity index (χ0v) is 12.9. The molecule has 0 amide bonds. The average Bonchev–Trinajstić information content (AvgIpc) is 2.37. The summed E-state index contributed by atoms with van der Waals surface area (Å²) in [7, 11) is -2.09. The van der Waals surface area contributed by atoms with E-state index in [1.165, 1.54) is 24.8 Å². The minimum Gasteiger partial charge on any atom is -0.480 e. The van der Waals surface area contributed by atoms with Crippen molar-refractivity contribution in [2.75, 3.05) is 18.5 Å². The molecular weight excluding hydrogens is 280 g/mol. The van der Waals surface area contributed by atoms with E-state index in [4.69, 9.17) is 0 Å². The first-order chi connectivity index (χ1) is 9.14. The molecule has 0 saturated carbocycles. The lowest BCUT2D eigenvalue weighted by atomic mass is 10.0. The van der Waals surface area contributed by atoms with Crippen LogP contribution in [0.25, 0.3) is 0 Å². The second-order valence-corrected chi connectivity index (χ2v) is 6.63. The molecule has 0 aromatic heterocycles. The Labute approximate surface area is 119 Å². The van der Waals surface area contributed by atoms with E-state index in [1.54, 1.807) is 32.2 Å². The molecule has 112 valence electrons. The molecule has 0 aliphatic rings. The number of carbonyl (C=O) groups is 1. The van der Waals surface area contributed by atoms with Gasteiger partial charge in [-0.05, 0) is 26.0 Å². The largest absolute Gasteiger partial charge is 0.480 e. The highest BCUT2D eigenvalue weighted by Gasteiger charge is 2.34. The maximum atomic E-state index is 12.2. The van der Waals surface area contributed by atoms with Crippen molar-refractivity contribution >= 4 is 21.7 Å². The summed E-state index contributed by atoms with van der Waals surface area (Å²) in [5.74, 6) is -1.03. The fourth-order valence-corrected chi connectivity index (χ4v) is 2.95. The van der Waals surface area contributed by atoms with Crippen LogP contribution >= 0.6 is 0 Å². The standard InChI is InChI=1S/C13H20N2O4S/c1-5-14-20(18,19)11-9-7-6-8-10(11)15(4)13(2,3)12(16)17/h6-9,14H,5H2,1-4H3,(H,16,17). The third kappa shape index (κ3) is 3.10. The number of hydrogen-bond donors (Lipinski definition) is 2. The molecule has 1 aromatic carbocycles. The smallest absolute Gasteiger partial charge is 0.328 e. The third-order valence-corrected chi connectivity index (χ3v) is 4.81. The Morgan fingerprint density at radius 1 is 1.35 bits per heavy atom. The van der Waals surface area contributed by atoms with Gasteiger partial charge < -0.3 is 10.0 Å². The molecule has 0 unspecified atom stereocenters. The van der Waals surface area contributed by atoms with Crippen LogP contribution in [0.1, 0.15) is 20.8 Å². The van der Waals surface area contributed by atoms with Crippen LogP contribution in [0, 0.1) is 0 Å². The fourth-order valence-electron chi connectivity index (χ4n) is 1.67. The summed E-state index contributed by atoms with van der Waals surface area (Å²) < 4.78 is 26.8. The predicted molar refractivity (Wildman–Crippen MR) is 77.4 cm³/mol. The van der Waals surface area contributed by atoms with Gasteiger partial charge in [-0.3, -0.25) is 0 Å². The van der Waals surface area contributed by atoms with Gasteiger partial charge in [0.05, 0.1) is 5.69 Å². The van der Waals surface area contributed by atoms with Gasteiger partial charge in [0, 0.05) is 13.6 Å². The van der Waals surface area contributed by atoms with Crippen molar-refractivity contribution in [2.45, 2.75) is 31.2 Å². The number of carboxylic acids is 1. The Morgan fingerprint density at radius 2 is 1.90 bits per heavy atom. The van der Waals surface area contributed by atoms with Crippen LogP contribution in [0.5, 0.6) is 0 Å². The molecule has 0 radical (unpaired) electrons. The van der Waals surface area contributed by atoms with E-state index in [0.717, 1.165) is 0 Å². The molecule has 0 fully saturated rings. The van der Waals surface area contributed by atoms with Gasteiger partial charge in [0.1, 0.15) is 10.4 Å². The van der Waals surface area contributed by atoms with Gasteiger partial charge in [-0.1, -0.05) is 19.1 Å². The van der Waals surface area contributed by atoms with Crippen LogP contribution in [0.2, 0.25) is 0 Å². The SMILES string of the molecule is CCNS(=O)(=O)c1ccccc1N(C)C(C)(C)C(=O)O. The molecule has 6 nitrogen and oxygen atoms in total. The first-order valence-electron chi connectivity index (χ1n) is 6.20. The van der Waals surface area contributed by atoms with E-state index in [-0.39, 0.29) is 11.4 Å². The topological polar surface area (TPSA) is 86.7 Å². The number of hydrogen-bond acceptors (Lipinski definition) is 4. The summed E-state index contributed by atoms with van der Waals surface area (Å²) in [6.45, 7) is 4.99. The Kier molecular flexibility index (Phi) is 4.77. The lowest BCUT2D eigenvalue weighted by Crippen LogP contribution is -2.48. The molecule has 0 aliphatic carbocycles. The highest BCUT2D eigenvalue weighted by molar-refractivity contribution is 7.89. The third-order valence-electron chi connectivity index (χ3n) is 3.21. The van der Waals surface area contributed by atoms with Gasteiger partial charge in [-0.25, -0.2) is 17.9 Å². The van der Waals surface area contributed by atoms with Crippen molar-refractivity contribution in [3.8, 4) is 0 Å². The predicted octanol–water partition coefficient (Wildman–Crippen LogP) is 1.28. The molecular formula is C13H20N2O4S. The van der Waals surface area contributed by atoms with Crippen molar-refractivity contribution in [1.82, 2.24) is 4.72 Å². The van der Waals surface area contributed by atoms with Crippen LogP contribution in [0.15, 0.2) is 29.2 Å². The van der Waals surface area contributed by atoms with E-state index in [2.05, 4.69) is 4.72 Å². The second-order valence-electron chi connectivity index (χ2n) is 4.89. The van der Waals surface area contributed by atoms with Gasteiger partial charge in [0.2, 0.25) is 10.0 Å². The van der Waals surface area contributed by atoms with Gasteiger partial charge in [0.25, 0.3) is 0 Å². The maximum absolute atomic E-state index is 12.2. The van der Waals surface area contributed by atoms with E-state index in [1.807, 2.05) is 0 Å². The number of nitrogens with one attached hydrogen (secondary N) is 1. The lowest BCUT2D eigenvalue weighted by Gasteiger charge is -2.34. The number of anilines is 1. The number of rotatable bonds is 6. The molecule has 2 N–H and O–H groups in total. The van der Waals surface area contributed by atoms with Gasteiger partial charge >= 0.3 is 5.97 Å². The monoisotopic (exact) mass is 300 g/mol. The first kappa shape index (κ1) is 16.5. The normalized spacial score (nSPS) is 12.2. The van der Waals surface area contributed by atoms with Crippen LogP contribution in [0.4, 0.5) is 5.69 Å². The highest BCUT2D eigenvalue weighted by atomic mass is 32.2. The number of nitrogens with zero attached hydrogens (tertiary/aromatic N) is 1. The molecule has 0 bridgehead atoms. The molecule has 0 spiro atoms. The zero-order valence-electron chi connectivity index (χ0n) is 12.0. The number of sulfonamides is 1. The first-order valence-corrected chi connectivity index (χ1v) is 7.68. The van der Waals surface area contributed by atoms with Crippen LogP contribution < -0.4 is 9.62 Å². The molecule has 1 rings (SSSR count). The number of para-hydroxylation sites is 1. The van der Waals surface area contributed by atoms with Crippen LogP contribution in [-0.4, -0.2) is 38.6 Å². The number of benzene rings is 1. The van der Waals surface area contributed by atoms with Crippen LogP contribution in [-0.2, 0) is 14.8 Å². The molecule has 0 aliphatic heterocycles. The maximum Gasteiger partial charge on any atom is 0.328 e. The zero-order chi connectivity index (χ0) is 15.6. The molecule has 1 aromatic rings. The molecule has 0 saturated heterocycles. The Balaban J connectivity index is 3.38. The molecule has 0 atom stereocenters. The Bertz CT molecular complexity index is 596. The van der Waals surface area contributed by atoms with Gasteiger partial charge in [-0.15, -0.1) is 0 Å². The van der Waals surface area contributed by atoms with Crippen LogP contribution in [0.3, 0.4) is 0 Å². The fraction of sp³-hybridized carbons (Fsp3) is 0.462. The number of likely N-dealkylation sites (N-methyl/N-ethyl adjacent to an activating group) is 1. The molecule has 7 heteroatoms.